The van der Waals surface area contributed by atoms with Crippen LogP contribution in [0.1, 0.15) is 36.4 Å². The Labute approximate surface area is 154 Å². The van der Waals surface area contributed by atoms with Gasteiger partial charge >= 0.3 is 0 Å². The number of rotatable bonds is 4. The van der Waals surface area contributed by atoms with Crippen LogP contribution in [0.2, 0.25) is 0 Å². The normalized spacial score (nSPS) is 18.3. The smallest absolute Gasteiger partial charge is 0.223 e. The first kappa shape index (κ1) is 19.4. The fourth-order valence-corrected chi connectivity index (χ4v) is 3.29. The lowest BCUT2D eigenvalue weighted by Gasteiger charge is -2.37. The van der Waals surface area contributed by atoms with E-state index < -0.39 is 0 Å². The van der Waals surface area contributed by atoms with Crippen LogP contribution in [0, 0.1) is 5.82 Å². The molecule has 3 rings (SSSR count). The molecule has 0 saturated carbocycles. The first-order valence-electron chi connectivity index (χ1n) is 8.46. The van der Waals surface area contributed by atoms with E-state index in [0.717, 1.165) is 12.1 Å². The maximum Gasteiger partial charge on any atom is 0.223 e. The van der Waals surface area contributed by atoms with E-state index in [2.05, 4.69) is 24.4 Å². The predicted molar refractivity (Wildman–Crippen MR) is 100 cm³/mol. The van der Waals surface area contributed by atoms with Gasteiger partial charge in [0.05, 0.1) is 6.04 Å². The van der Waals surface area contributed by atoms with Crippen LogP contribution in [-0.4, -0.2) is 30.4 Å². The molecule has 1 aliphatic heterocycles. The van der Waals surface area contributed by atoms with Crippen molar-refractivity contribution in [3.05, 3.63) is 71.5 Å². The van der Waals surface area contributed by atoms with Crippen molar-refractivity contribution in [1.82, 2.24) is 10.2 Å². The minimum Gasteiger partial charge on any atom is -0.333 e. The molecule has 1 fully saturated rings. The van der Waals surface area contributed by atoms with E-state index in [4.69, 9.17) is 0 Å². The highest BCUT2D eigenvalue weighted by atomic mass is 35.5. The summed E-state index contributed by atoms with van der Waals surface area (Å²) in [6, 6.07) is 16.5. The highest BCUT2D eigenvalue weighted by Gasteiger charge is 2.28. The molecule has 5 heteroatoms. The van der Waals surface area contributed by atoms with Gasteiger partial charge in [-0.15, -0.1) is 12.4 Å². The Morgan fingerprint density at radius 3 is 2.72 bits per heavy atom. The third-order valence-electron chi connectivity index (χ3n) is 4.65. The lowest BCUT2D eigenvalue weighted by molar-refractivity contribution is -0.134. The van der Waals surface area contributed by atoms with E-state index in [1.165, 1.54) is 17.7 Å². The molecule has 2 unspecified atom stereocenters. The molecule has 0 aliphatic carbocycles. The van der Waals surface area contributed by atoms with E-state index in [9.17, 15) is 9.18 Å². The molecule has 25 heavy (non-hydrogen) atoms. The van der Waals surface area contributed by atoms with Gasteiger partial charge in [0.1, 0.15) is 5.82 Å². The number of carbonyl (C=O) groups excluding carboxylic acids is 1. The zero-order valence-electron chi connectivity index (χ0n) is 14.3. The molecular formula is C20H24ClFN2O. The molecule has 0 aromatic heterocycles. The monoisotopic (exact) mass is 362 g/mol. The van der Waals surface area contributed by atoms with Gasteiger partial charge in [-0.3, -0.25) is 4.79 Å². The Hall–Kier alpha value is -1.91. The third kappa shape index (κ3) is 4.80. The van der Waals surface area contributed by atoms with Gasteiger partial charge in [-0.25, -0.2) is 4.39 Å². The summed E-state index contributed by atoms with van der Waals surface area (Å²) in [5, 5.41) is 3.31. The Kier molecular flexibility index (Phi) is 6.97. The number of hydrogen-bond acceptors (Lipinski definition) is 2. The molecular weight excluding hydrogens is 339 g/mol. The fraction of sp³-hybridized carbons (Fsp3) is 0.350. The lowest BCUT2D eigenvalue weighted by atomic mass is 9.96. The fourth-order valence-electron chi connectivity index (χ4n) is 3.29. The molecule has 0 radical (unpaired) electrons. The van der Waals surface area contributed by atoms with Crippen molar-refractivity contribution in [3.63, 3.8) is 0 Å². The van der Waals surface area contributed by atoms with Crippen molar-refractivity contribution in [2.75, 3.05) is 19.6 Å². The van der Waals surface area contributed by atoms with Crippen molar-refractivity contribution < 1.29 is 9.18 Å². The quantitative estimate of drug-likeness (QED) is 0.894. The summed E-state index contributed by atoms with van der Waals surface area (Å²) >= 11 is 0. The van der Waals surface area contributed by atoms with E-state index in [1.807, 2.05) is 29.2 Å². The molecule has 2 atom stereocenters. The number of amides is 1. The zero-order chi connectivity index (χ0) is 16.9. The first-order chi connectivity index (χ1) is 11.6. The van der Waals surface area contributed by atoms with Crippen molar-refractivity contribution in [3.8, 4) is 0 Å². The summed E-state index contributed by atoms with van der Waals surface area (Å²) in [5.74, 6) is 0.0342. The van der Waals surface area contributed by atoms with Crippen molar-refractivity contribution >= 4 is 18.3 Å². The van der Waals surface area contributed by atoms with Gasteiger partial charge in [-0.1, -0.05) is 49.4 Å². The molecule has 1 amide bonds. The minimum absolute atomic E-state index is 0. The number of piperazine rings is 1. The predicted octanol–water partition coefficient (Wildman–Crippen LogP) is 3.91. The molecule has 1 saturated heterocycles. The second kappa shape index (κ2) is 8.97. The molecule has 1 heterocycles. The Morgan fingerprint density at radius 2 is 2.00 bits per heavy atom. The van der Waals surface area contributed by atoms with Crippen LogP contribution in [0.5, 0.6) is 0 Å². The van der Waals surface area contributed by atoms with Gasteiger partial charge in [0.15, 0.2) is 0 Å². The van der Waals surface area contributed by atoms with Gasteiger partial charge in [-0.2, -0.15) is 0 Å². The molecule has 0 spiro atoms. The number of nitrogens with zero attached hydrogens (tertiary/aromatic N) is 1. The van der Waals surface area contributed by atoms with Gasteiger partial charge in [0.25, 0.3) is 0 Å². The number of carbonyl (C=O) groups is 1. The largest absolute Gasteiger partial charge is 0.333 e. The van der Waals surface area contributed by atoms with Crippen LogP contribution < -0.4 is 5.32 Å². The van der Waals surface area contributed by atoms with Crippen LogP contribution in [0.4, 0.5) is 4.39 Å². The van der Waals surface area contributed by atoms with Gasteiger partial charge in [0, 0.05) is 26.1 Å². The summed E-state index contributed by atoms with van der Waals surface area (Å²) in [5.41, 5.74) is 2.02. The maximum absolute atomic E-state index is 13.6. The number of halogens is 2. The van der Waals surface area contributed by atoms with Crippen LogP contribution in [0.15, 0.2) is 54.6 Å². The molecule has 0 bridgehead atoms. The highest BCUT2D eigenvalue weighted by molar-refractivity contribution is 5.85. The Bertz CT molecular complexity index is 695. The Balaban J connectivity index is 0.00000225. The number of hydrogen-bond donors (Lipinski definition) is 1. The lowest BCUT2D eigenvalue weighted by Crippen LogP contribution is -2.48. The molecule has 2 aromatic carbocycles. The summed E-state index contributed by atoms with van der Waals surface area (Å²) in [4.78, 5) is 14.7. The highest BCUT2D eigenvalue weighted by Crippen LogP contribution is 2.26. The molecule has 1 aliphatic rings. The third-order valence-corrected chi connectivity index (χ3v) is 4.65. The maximum atomic E-state index is 13.6. The van der Waals surface area contributed by atoms with Gasteiger partial charge in [-0.05, 0) is 29.2 Å². The van der Waals surface area contributed by atoms with E-state index in [1.54, 1.807) is 6.07 Å². The van der Waals surface area contributed by atoms with Crippen LogP contribution in [-0.2, 0) is 4.79 Å². The zero-order valence-corrected chi connectivity index (χ0v) is 15.1. The van der Waals surface area contributed by atoms with Crippen molar-refractivity contribution in [1.29, 1.82) is 0 Å². The van der Waals surface area contributed by atoms with E-state index in [-0.39, 0.29) is 36.1 Å². The molecule has 3 nitrogen and oxygen atoms in total. The summed E-state index contributed by atoms with van der Waals surface area (Å²) in [6.45, 7) is 4.17. The summed E-state index contributed by atoms with van der Waals surface area (Å²) < 4.78 is 13.6. The van der Waals surface area contributed by atoms with Crippen molar-refractivity contribution in [2.24, 2.45) is 0 Å². The Morgan fingerprint density at radius 1 is 1.24 bits per heavy atom. The summed E-state index contributed by atoms with van der Waals surface area (Å²) in [6.07, 6.45) is 0.468. The first-order valence-corrected chi connectivity index (χ1v) is 8.46. The molecule has 1 N–H and O–H groups in total. The minimum atomic E-state index is -0.261. The number of nitrogens with one attached hydrogen (secondary N) is 1. The second-order valence-corrected chi connectivity index (χ2v) is 6.38. The molecule has 134 valence electrons. The van der Waals surface area contributed by atoms with Gasteiger partial charge in [0.2, 0.25) is 5.91 Å². The van der Waals surface area contributed by atoms with Gasteiger partial charge < -0.3 is 10.2 Å². The average Bonchev–Trinajstić information content (AvgIpc) is 2.62. The standard InChI is InChI=1S/C20H23FN2O.ClH/c1-15(16-6-3-2-4-7-16)12-20(24)23-11-10-22-14-19(23)17-8-5-9-18(21)13-17;/h2-9,13,15,19,22H,10-12,14H2,1H3;1H. The van der Waals surface area contributed by atoms with Crippen LogP contribution >= 0.6 is 12.4 Å². The molecule has 2 aromatic rings. The van der Waals surface area contributed by atoms with Crippen molar-refractivity contribution in [2.45, 2.75) is 25.3 Å². The number of benzene rings is 2. The topological polar surface area (TPSA) is 32.3 Å². The van der Waals surface area contributed by atoms with E-state index in [0.29, 0.717) is 19.5 Å². The van der Waals surface area contributed by atoms with Crippen LogP contribution in [0.25, 0.3) is 0 Å². The average molecular weight is 363 g/mol. The van der Waals surface area contributed by atoms with E-state index >= 15 is 0 Å². The second-order valence-electron chi connectivity index (χ2n) is 6.38. The SMILES string of the molecule is CC(CC(=O)N1CCNCC1c1cccc(F)c1)c1ccccc1.Cl. The summed E-state index contributed by atoms with van der Waals surface area (Å²) in [7, 11) is 0. The van der Waals surface area contributed by atoms with Crippen LogP contribution in [0.3, 0.4) is 0 Å².